The van der Waals surface area contributed by atoms with Gasteiger partial charge in [-0.1, -0.05) is 35.5 Å². The number of carbonyl (C=O) groups is 2. The maximum Gasteiger partial charge on any atom is 0.274 e. The normalized spacial score (nSPS) is 13.2. The molecule has 0 saturated carbocycles. The molecule has 0 saturated heterocycles. The lowest BCUT2D eigenvalue weighted by Crippen LogP contribution is -2.45. The Labute approximate surface area is 128 Å². The first-order chi connectivity index (χ1) is 10.5. The lowest BCUT2D eigenvalue weighted by Gasteiger charge is -2.18. The van der Waals surface area contributed by atoms with E-state index >= 15 is 0 Å². The summed E-state index contributed by atoms with van der Waals surface area (Å²) in [5.74, 6) is -0.156. The van der Waals surface area contributed by atoms with E-state index < -0.39 is 11.9 Å². The minimum atomic E-state index is -0.671. The fraction of sp³-hybridized carbons (Fsp3) is 0.312. The Balaban J connectivity index is 1.91. The summed E-state index contributed by atoms with van der Waals surface area (Å²) in [6, 6.07) is 10.3. The van der Waals surface area contributed by atoms with E-state index in [1.165, 1.54) is 6.07 Å². The van der Waals surface area contributed by atoms with Crippen LogP contribution in [-0.4, -0.2) is 23.0 Å². The molecule has 116 valence electrons. The second-order valence-electron chi connectivity index (χ2n) is 5.16. The third-order valence-electron chi connectivity index (χ3n) is 3.26. The van der Waals surface area contributed by atoms with Crippen molar-refractivity contribution in [2.75, 3.05) is 0 Å². The summed E-state index contributed by atoms with van der Waals surface area (Å²) in [5, 5.41) is 9.07. The lowest BCUT2D eigenvalue weighted by atomic mass is 10.1. The van der Waals surface area contributed by atoms with E-state index in [2.05, 4.69) is 15.8 Å². The number of carbonyl (C=O) groups excluding carboxylic acids is 2. The summed E-state index contributed by atoms with van der Waals surface area (Å²) in [4.78, 5) is 24.0. The van der Waals surface area contributed by atoms with Gasteiger partial charge in [0, 0.05) is 6.07 Å². The minimum absolute atomic E-state index is 0.137. The molecular weight excluding hydrogens is 282 g/mol. The van der Waals surface area contributed by atoms with Crippen LogP contribution in [0.3, 0.4) is 0 Å². The van der Waals surface area contributed by atoms with E-state index in [4.69, 9.17) is 4.52 Å². The molecule has 2 aromatic rings. The molecular formula is C16H19N3O3. The van der Waals surface area contributed by atoms with Gasteiger partial charge in [0.25, 0.3) is 5.91 Å². The maximum absolute atomic E-state index is 12.1. The van der Waals surface area contributed by atoms with Gasteiger partial charge in [0.15, 0.2) is 5.69 Å². The van der Waals surface area contributed by atoms with E-state index in [9.17, 15) is 9.59 Å². The van der Waals surface area contributed by atoms with Crippen molar-refractivity contribution >= 4 is 11.8 Å². The smallest absolute Gasteiger partial charge is 0.274 e. The van der Waals surface area contributed by atoms with E-state index in [0.29, 0.717) is 5.76 Å². The van der Waals surface area contributed by atoms with Gasteiger partial charge >= 0.3 is 0 Å². The lowest BCUT2D eigenvalue weighted by molar-refractivity contribution is -0.123. The predicted molar refractivity (Wildman–Crippen MR) is 81.2 cm³/mol. The molecule has 2 rings (SSSR count). The summed E-state index contributed by atoms with van der Waals surface area (Å²) < 4.78 is 4.84. The van der Waals surface area contributed by atoms with Crippen LogP contribution in [0.1, 0.15) is 41.7 Å². The summed E-state index contributed by atoms with van der Waals surface area (Å²) in [5.41, 5.74) is 1.16. The van der Waals surface area contributed by atoms with Gasteiger partial charge in [-0.3, -0.25) is 9.59 Å². The zero-order chi connectivity index (χ0) is 16.1. The van der Waals surface area contributed by atoms with Gasteiger partial charge in [0.1, 0.15) is 11.8 Å². The average Bonchev–Trinajstić information content (AvgIpc) is 2.94. The Morgan fingerprint density at radius 3 is 2.41 bits per heavy atom. The SMILES string of the molecule is Cc1cc(C(=O)N[C@@H](C)C(=O)N[C@H](C)c2ccccc2)no1. The molecule has 2 amide bonds. The van der Waals surface area contributed by atoms with E-state index in [-0.39, 0.29) is 17.6 Å². The van der Waals surface area contributed by atoms with Gasteiger partial charge in [-0.25, -0.2) is 0 Å². The summed E-state index contributed by atoms with van der Waals surface area (Å²) in [6.45, 7) is 5.21. The van der Waals surface area contributed by atoms with Crippen LogP contribution in [0.5, 0.6) is 0 Å². The molecule has 0 unspecified atom stereocenters. The van der Waals surface area contributed by atoms with Crippen LogP contribution in [0.2, 0.25) is 0 Å². The number of rotatable bonds is 5. The summed E-state index contributed by atoms with van der Waals surface area (Å²) in [7, 11) is 0. The molecule has 2 atom stereocenters. The number of benzene rings is 1. The zero-order valence-corrected chi connectivity index (χ0v) is 12.8. The standard InChI is InChI=1S/C16H19N3O3/c1-10-9-14(19-22-10)16(21)18-12(3)15(20)17-11(2)13-7-5-4-6-8-13/h4-9,11-12H,1-3H3,(H,17,20)(H,18,21)/t11-,12+/m1/s1. The summed E-state index contributed by atoms with van der Waals surface area (Å²) in [6.07, 6.45) is 0. The molecule has 0 radical (unpaired) electrons. The van der Waals surface area contributed by atoms with Crippen LogP contribution in [0.25, 0.3) is 0 Å². The second-order valence-corrected chi connectivity index (χ2v) is 5.16. The first-order valence-electron chi connectivity index (χ1n) is 7.07. The Bertz CT molecular complexity index is 652. The molecule has 22 heavy (non-hydrogen) atoms. The van der Waals surface area contributed by atoms with Crippen LogP contribution in [0.15, 0.2) is 40.9 Å². The fourth-order valence-electron chi connectivity index (χ4n) is 1.97. The largest absolute Gasteiger partial charge is 0.361 e. The highest BCUT2D eigenvalue weighted by Gasteiger charge is 2.20. The van der Waals surface area contributed by atoms with Crippen molar-refractivity contribution in [2.45, 2.75) is 32.9 Å². The highest BCUT2D eigenvalue weighted by Crippen LogP contribution is 2.11. The Hall–Kier alpha value is -2.63. The molecule has 1 aromatic heterocycles. The first-order valence-corrected chi connectivity index (χ1v) is 7.07. The molecule has 0 aliphatic rings. The van der Waals surface area contributed by atoms with Crippen molar-refractivity contribution in [2.24, 2.45) is 0 Å². The molecule has 0 fully saturated rings. The molecule has 1 heterocycles. The molecule has 6 heteroatoms. The molecule has 2 N–H and O–H groups in total. The van der Waals surface area contributed by atoms with Crippen molar-refractivity contribution in [3.63, 3.8) is 0 Å². The Morgan fingerprint density at radius 2 is 1.82 bits per heavy atom. The van der Waals surface area contributed by atoms with Crippen LogP contribution in [0, 0.1) is 6.92 Å². The van der Waals surface area contributed by atoms with Gasteiger partial charge in [0.2, 0.25) is 5.91 Å². The van der Waals surface area contributed by atoms with Crippen molar-refractivity contribution in [1.29, 1.82) is 0 Å². The molecule has 6 nitrogen and oxygen atoms in total. The minimum Gasteiger partial charge on any atom is -0.361 e. The number of aryl methyl sites for hydroxylation is 1. The maximum atomic E-state index is 12.1. The second kappa shape index (κ2) is 6.89. The quantitative estimate of drug-likeness (QED) is 0.884. The van der Waals surface area contributed by atoms with E-state index in [1.54, 1.807) is 13.8 Å². The van der Waals surface area contributed by atoms with Crippen LogP contribution in [0.4, 0.5) is 0 Å². The number of nitrogens with zero attached hydrogens (tertiary/aromatic N) is 1. The van der Waals surface area contributed by atoms with Gasteiger partial charge in [-0.15, -0.1) is 0 Å². The highest BCUT2D eigenvalue weighted by atomic mass is 16.5. The van der Waals surface area contributed by atoms with Crippen LogP contribution in [-0.2, 0) is 4.79 Å². The van der Waals surface area contributed by atoms with Gasteiger partial charge in [-0.2, -0.15) is 0 Å². The molecule has 0 aliphatic carbocycles. The molecule has 0 spiro atoms. The Kier molecular flexibility index (Phi) is 4.93. The number of nitrogens with one attached hydrogen (secondary N) is 2. The molecule has 1 aromatic carbocycles. The van der Waals surface area contributed by atoms with Crippen molar-refractivity contribution in [1.82, 2.24) is 15.8 Å². The van der Waals surface area contributed by atoms with E-state index in [0.717, 1.165) is 5.56 Å². The number of hydrogen-bond acceptors (Lipinski definition) is 4. The van der Waals surface area contributed by atoms with Crippen molar-refractivity contribution < 1.29 is 14.1 Å². The predicted octanol–water partition coefficient (Wildman–Crippen LogP) is 1.98. The average molecular weight is 301 g/mol. The number of amides is 2. The van der Waals surface area contributed by atoms with Crippen molar-refractivity contribution in [3.8, 4) is 0 Å². The van der Waals surface area contributed by atoms with Gasteiger partial charge < -0.3 is 15.2 Å². The van der Waals surface area contributed by atoms with E-state index in [1.807, 2.05) is 37.3 Å². The van der Waals surface area contributed by atoms with Crippen LogP contribution >= 0.6 is 0 Å². The monoisotopic (exact) mass is 301 g/mol. The Morgan fingerprint density at radius 1 is 1.14 bits per heavy atom. The highest BCUT2D eigenvalue weighted by molar-refractivity contribution is 5.95. The summed E-state index contributed by atoms with van der Waals surface area (Å²) >= 11 is 0. The third-order valence-corrected chi connectivity index (χ3v) is 3.26. The molecule has 0 aliphatic heterocycles. The topological polar surface area (TPSA) is 84.2 Å². The third kappa shape index (κ3) is 3.94. The number of aromatic nitrogens is 1. The fourth-order valence-corrected chi connectivity index (χ4v) is 1.97. The van der Waals surface area contributed by atoms with Gasteiger partial charge in [-0.05, 0) is 26.3 Å². The van der Waals surface area contributed by atoms with Crippen molar-refractivity contribution in [3.05, 3.63) is 53.4 Å². The number of hydrogen-bond donors (Lipinski definition) is 2. The first kappa shape index (κ1) is 15.8. The molecule has 0 bridgehead atoms. The van der Waals surface area contributed by atoms with Crippen LogP contribution < -0.4 is 10.6 Å². The zero-order valence-electron chi connectivity index (χ0n) is 12.8. The van der Waals surface area contributed by atoms with Gasteiger partial charge in [0.05, 0.1) is 6.04 Å².